The van der Waals surface area contributed by atoms with Crippen molar-refractivity contribution in [1.29, 1.82) is 0 Å². The average molecular weight is 549 g/mol. The maximum atomic E-state index is 15.4. The molecule has 37 heavy (non-hydrogen) atoms. The summed E-state index contributed by atoms with van der Waals surface area (Å²) in [6.45, 7) is 6.11. The van der Waals surface area contributed by atoms with Crippen molar-refractivity contribution in [3.05, 3.63) is 64.0 Å². The first-order valence-corrected chi connectivity index (χ1v) is 13.8. The maximum absolute atomic E-state index is 15.4. The van der Waals surface area contributed by atoms with E-state index in [9.17, 15) is 17.6 Å². The third-order valence-electron chi connectivity index (χ3n) is 6.46. The van der Waals surface area contributed by atoms with Gasteiger partial charge in [-0.25, -0.2) is 18.6 Å². The number of hydrogen-bond acceptors (Lipinski definition) is 6. The van der Waals surface area contributed by atoms with Crippen LogP contribution in [-0.2, 0) is 10.0 Å². The van der Waals surface area contributed by atoms with Gasteiger partial charge in [-0.2, -0.15) is 8.42 Å². The van der Waals surface area contributed by atoms with Gasteiger partial charge in [0, 0.05) is 17.0 Å². The molecule has 0 spiro atoms. The van der Waals surface area contributed by atoms with Crippen LogP contribution < -0.4 is 9.46 Å². The van der Waals surface area contributed by atoms with Crippen LogP contribution in [0, 0.1) is 24.0 Å². The lowest BCUT2D eigenvalue weighted by Crippen LogP contribution is -2.15. The number of sulfonamides is 1. The fourth-order valence-corrected chi connectivity index (χ4v) is 6.36. The summed E-state index contributed by atoms with van der Waals surface area (Å²) < 4.78 is 62.7. The summed E-state index contributed by atoms with van der Waals surface area (Å²) in [6, 6.07) is 5.04. The molecule has 3 aromatic rings. The molecule has 0 atom stereocenters. The number of benzene rings is 2. The third-order valence-corrected chi connectivity index (χ3v) is 8.73. The standard InChI is InChI=1S/C26H26F2N2O5S2/c1-14-16(15-7-9-26(2,3)10-8-15)5-6-17(23(14)28)24-29-22(13-36-24)37(33,34)30-20-12-19(27)18(25(31)32)11-21(20)35-4/h5-7,11-13,30H,8-10H2,1-4H3,(H,31,32). The van der Waals surface area contributed by atoms with Crippen molar-refractivity contribution in [2.45, 2.75) is 45.1 Å². The van der Waals surface area contributed by atoms with E-state index >= 15 is 4.39 Å². The fraction of sp³-hybridized carbons (Fsp3) is 0.308. The molecule has 0 radical (unpaired) electrons. The first-order chi connectivity index (χ1) is 17.3. The molecule has 11 heteroatoms. The molecule has 1 aliphatic rings. The molecular formula is C26H26F2N2O5S2. The molecule has 1 aliphatic carbocycles. The van der Waals surface area contributed by atoms with Crippen LogP contribution in [0.25, 0.3) is 16.1 Å². The first-order valence-electron chi connectivity index (χ1n) is 11.4. The molecule has 0 saturated carbocycles. The molecule has 196 valence electrons. The van der Waals surface area contributed by atoms with Crippen LogP contribution in [0.4, 0.5) is 14.5 Å². The van der Waals surface area contributed by atoms with E-state index in [2.05, 4.69) is 29.6 Å². The number of nitrogens with one attached hydrogen (secondary N) is 1. The predicted octanol–water partition coefficient (Wildman–Crippen LogP) is 6.50. The summed E-state index contributed by atoms with van der Waals surface area (Å²) in [5.74, 6) is -3.32. The molecule has 4 rings (SSSR count). The summed E-state index contributed by atoms with van der Waals surface area (Å²) in [5, 5.41) is 10.1. The highest BCUT2D eigenvalue weighted by atomic mass is 32.2. The van der Waals surface area contributed by atoms with Crippen molar-refractivity contribution >= 4 is 38.6 Å². The van der Waals surface area contributed by atoms with Crippen molar-refractivity contribution in [2.75, 3.05) is 11.8 Å². The van der Waals surface area contributed by atoms with E-state index in [1.165, 1.54) is 12.5 Å². The molecule has 2 aromatic carbocycles. The van der Waals surface area contributed by atoms with Crippen LogP contribution in [0.1, 0.15) is 54.6 Å². The predicted molar refractivity (Wildman–Crippen MR) is 139 cm³/mol. The number of carboxylic acids is 1. The molecule has 1 heterocycles. The lowest BCUT2D eigenvalue weighted by atomic mass is 9.76. The third kappa shape index (κ3) is 5.37. The second-order valence-corrected chi connectivity index (χ2v) is 12.1. The Morgan fingerprint density at radius 3 is 2.54 bits per heavy atom. The van der Waals surface area contributed by atoms with Crippen LogP contribution in [0.3, 0.4) is 0 Å². The number of nitrogens with zero attached hydrogens (tertiary/aromatic N) is 1. The average Bonchev–Trinajstić information content (AvgIpc) is 3.32. The van der Waals surface area contributed by atoms with Gasteiger partial charge >= 0.3 is 5.97 Å². The van der Waals surface area contributed by atoms with Crippen LogP contribution >= 0.6 is 11.3 Å². The molecule has 0 unspecified atom stereocenters. The molecule has 0 saturated heterocycles. The SMILES string of the molecule is COc1cc(C(=O)O)c(F)cc1NS(=O)(=O)c1csc(-c2ccc(C3=CCC(C)(C)CC3)c(C)c2F)n1. The number of carbonyl (C=O) groups is 1. The number of anilines is 1. The highest BCUT2D eigenvalue weighted by Crippen LogP contribution is 2.40. The van der Waals surface area contributed by atoms with E-state index in [1.807, 2.05) is 6.07 Å². The summed E-state index contributed by atoms with van der Waals surface area (Å²) in [4.78, 5) is 15.3. The number of aromatic carboxylic acids is 1. The Kier molecular flexibility index (Phi) is 7.13. The van der Waals surface area contributed by atoms with Gasteiger partial charge in [-0.1, -0.05) is 26.0 Å². The van der Waals surface area contributed by atoms with Gasteiger partial charge in [-0.05, 0) is 60.4 Å². The number of hydrogen-bond donors (Lipinski definition) is 2. The molecule has 2 N–H and O–H groups in total. The van der Waals surface area contributed by atoms with E-state index in [4.69, 9.17) is 9.84 Å². The minimum absolute atomic E-state index is 0.172. The zero-order chi connectivity index (χ0) is 27.1. The maximum Gasteiger partial charge on any atom is 0.338 e. The van der Waals surface area contributed by atoms with E-state index in [0.29, 0.717) is 5.56 Å². The number of methoxy groups -OCH3 is 1. The van der Waals surface area contributed by atoms with E-state index < -0.39 is 38.2 Å². The highest BCUT2D eigenvalue weighted by molar-refractivity contribution is 7.92. The second-order valence-electron chi connectivity index (χ2n) is 9.63. The summed E-state index contributed by atoms with van der Waals surface area (Å²) >= 11 is 0.956. The molecule has 7 nitrogen and oxygen atoms in total. The van der Waals surface area contributed by atoms with Crippen LogP contribution in [0.15, 0.2) is 40.7 Å². The Balaban J connectivity index is 1.63. The van der Waals surface area contributed by atoms with Crippen molar-refractivity contribution in [2.24, 2.45) is 5.41 Å². The Morgan fingerprint density at radius 1 is 1.22 bits per heavy atom. The minimum atomic E-state index is -4.32. The lowest BCUT2D eigenvalue weighted by Gasteiger charge is -2.29. The van der Waals surface area contributed by atoms with E-state index in [-0.39, 0.29) is 27.4 Å². The Morgan fingerprint density at radius 2 is 1.92 bits per heavy atom. The quantitative estimate of drug-likeness (QED) is 0.349. The summed E-state index contributed by atoms with van der Waals surface area (Å²) in [6.07, 6.45) is 4.94. The fourth-order valence-electron chi connectivity index (χ4n) is 4.19. The van der Waals surface area contributed by atoms with Crippen molar-refractivity contribution in [3.63, 3.8) is 0 Å². The monoisotopic (exact) mass is 548 g/mol. The number of aromatic nitrogens is 1. The Labute approximate surface area is 217 Å². The number of ether oxygens (including phenoxy) is 1. The largest absolute Gasteiger partial charge is 0.495 e. The van der Waals surface area contributed by atoms with Gasteiger partial charge in [0.15, 0.2) is 5.03 Å². The number of carboxylic acid groups (broad SMARTS) is 1. The van der Waals surface area contributed by atoms with Crippen LogP contribution in [0.5, 0.6) is 5.75 Å². The normalized spacial score (nSPS) is 15.2. The second kappa shape index (κ2) is 9.86. The van der Waals surface area contributed by atoms with E-state index in [0.717, 1.165) is 53.9 Å². The number of allylic oxidation sites excluding steroid dienone is 2. The molecule has 0 fully saturated rings. The molecule has 1 aromatic heterocycles. The molecule has 0 bridgehead atoms. The molecular weight excluding hydrogens is 522 g/mol. The Hall–Kier alpha value is -3.31. The van der Waals surface area contributed by atoms with Gasteiger partial charge in [-0.15, -0.1) is 11.3 Å². The van der Waals surface area contributed by atoms with Crippen LogP contribution in [-0.4, -0.2) is 31.6 Å². The van der Waals surface area contributed by atoms with Gasteiger partial charge in [0.1, 0.15) is 22.4 Å². The lowest BCUT2D eigenvalue weighted by molar-refractivity contribution is 0.0691. The highest BCUT2D eigenvalue weighted by Gasteiger charge is 2.26. The van der Waals surface area contributed by atoms with Crippen LogP contribution in [0.2, 0.25) is 0 Å². The zero-order valence-electron chi connectivity index (χ0n) is 20.7. The van der Waals surface area contributed by atoms with Crippen molar-refractivity contribution < 1.29 is 31.8 Å². The van der Waals surface area contributed by atoms with Gasteiger partial charge in [0.05, 0.1) is 18.4 Å². The zero-order valence-corrected chi connectivity index (χ0v) is 22.3. The van der Waals surface area contributed by atoms with Crippen molar-refractivity contribution in [1.82, 2.24) is 4.98 Å². The summed E-state index contributed by atoms with van der Waals surface area (Å²) in [7, 11) is -3.13. The van der Waals surface area contributed by atoms with Gasteiger partial charge < -0.3 is 9.84 Å². The van der Waals surface area contributed by atoms with Gasteiger partial charge in [0.25, 0.3) is 10.0 Å². The topological polar surface area (TPSA) is 106 Å². The number of thiazole rings is 1. The minimum Gasteiger partial charge on any atom is -0.495 e. The van der Waals surface area contributed by atoms with Crippen molar-refractivity contribution in [3.8, 4) is 16.3 Å². The van der Waals surface area contributed by atoms with E-state index in [1.54, 1.807) is 13.0 Å². The summed E-state index contributed by atoms with van der Waals surface area (Å²) in [5.41, 5.74) is 1.85. The van der Waals surface area contributed by atoms with Gasteiger partial charge in [-0.3, -0.25) is 4.72 Å². The first kappa shape index (κ1) is 26.7. The van der Waals surface area contributed by atoms with Gasteiger partial charge in [0.2, 0.25) is 0 Å². The molecule has 0 amide bonds. The number of rotatable bonds is 7. The molecule has 0 aliphatic heterocycles. The smallest absolute Gasteiger partial charge is 0.338 e. The Bertz CT molecular complexity index is 1530. The number of halogens is 2.